The van der Waals surface area contributed by atoms with Gasteiger partial charge >= 0.3 is 18.1 Å². The standard InChI is InChI=1S/C23H28O8/c1-13(2)17-8-10-18(11-9-17)23(6,7)29-22(26)28-16(5)27-20(25)14(3)12-19(24)15(4)21-30-31-21/h8-13,16H,1-7H3/b14-12+. The second-order valence-electron chi connectivity index (χ2n) is 8.00. The smallest absolute Gasteiger partial charge is 0.423 e. The van der Waals surface area contributed by atoms with Crippen LogP contribution in [0.2, 0.25) is 0 Å². The molecule has 1 fully saturated rings. The van der Waals surface area contributed by atoms with Gasteiger partial charge in [0.25, 0.3) is 0 Å². The molecular weight excluding hydrogens is 404 g/mol. The summed E-state index contributed by atoms with van der Waals surface area (Å²) in [5.74, 6) is -0.765. The Balaban J connectivity index is 1.90. The van der Waals surface area contributed by atoms with E-state index >= 15 is 0 Å². The molecule has 1 aliphatic heterocycles. The highest BCUT2D eigenvalue weighted by molar-refractivity contribution is 6.07. The number of benzene rings is 1. The van der Waals surface area contributed by atoms with Gasteiger partial charge in [-0.25, -0.2) is 19.4 Å². The normalized spacial score (nSPS) is 14.2. The number of hydrogen-bond acceptors (Lipinski definition) is 8. The molecule has 8 nitrogen and oxygen atoms in total. The van der Waals surface area contributed by atoms with E-state index in [1.165, 1.54) is 26.3 Å². The maximum absolute atomic E-state index is 12.2. The van der Waals surface area contributed by atoms with Gasteiger partial charge in [-0.2, -0.15) is 0 Å². The second kappa shape index (κ2) is 9.68. The van der Waals surface area contributed by atoms with E-state index in [1.54, 1.807) is 13.8 Å². The highest BCUT2D eigenvalue weighted by Crippen LogP contribution is 2.27. The fourth-order valence-electron chi connectivity index (χ4n) is 2.57. The Morgan fingerprint density at radius 2 is 1.55 bits per heavy atom. The molecule has 1 unspecified atom stereocenters. The minimum absolute atomic E-state index is 0.0278. The summed E-state index contributed by atoms with van der Waals surface area (Å²) in [4.78, 5) is 45.2. The van der Waals surface area contributed by atoms with Crippen molar-refractivity contribution < 1.29 is 38.4 Å². The number of hydrogen-bond donors (Lipinski definition) is 0. The van der Waals surface area contributed by atoms with Gasteiger partial charge in [0, 0.05) is 12.5 Å². The van der Waals surface area contributed by atoms with Crippen molar-refractivity contribution in [1.82, 2.24) is 0 Å². The van der Waals surface area contributed by atoms with Crippen molar-refractivity contribution >= 4 is 17.9 Å². The van der Waals surface area contributed by atoms with Crippen LogP contribution in [0.3, 0.4) is 0 Å². The average molecular weight is 432 g/mol. The SMILES string of the molecule is CC(C(=O)/C=C(\C)C(=O)OC(C)OC(=O)OC(C)(C)c1ccc(C(C)C)cc1)=C1OO1. The van der Waals surface area contributed by atoms with Crippen LogP contribution in [0.4, 0.5) is 4.79 Å². The van der Waals surface area contributed by atoms with Gasteiger partial charge in [-0.15, -0.1) is 0 Å². The Morgan fingerprint density at radius 1 is 0.968 bits per heavy atom. The topological polar surface area (TPSA) is 104 Å². The molecule has 1 saturated heterocycles. The highest BCUT2D eigenvalue weighted by atomic mass is 17.4. The number of carbonyl (C=O) groups excluding carboxylic acids is 3. The molecule has 0 spiro atoms. The van der Waals surface area contributed by atoms with Gasteiger partial charge in [-0.3, -0.25) is 4.79 Å². The van der Waals surface area contributed by atoms with Crippen LogP contribution in [-0.2, 0) is 39.2 Å². The monoisotopic (exact) mass is 432 g/mol. The van der Waals surface area contributed by atoms with Crippen molar-refractivity contribution in [2.24, 2.45) is 0 Å². The maximum atomic E-state index is 12.2. The fraction of sp³-hybridized carbons (Fsp3) is 0.435. The molecule has 0 aliphatic carbocycles. The summed E-state index contributed by atoms with van der Waals surface area (Å²) in [7, 11) is 0. The van der Waals surface area contributed by atoms with E-state index in [1.807, 2.05) is 24.3 Å². The third kappa shape index (κ3) is 6.87. The number of allylic oxidation sites excluding steroid dienone is 2. The van der Waals surface area contributed by atoms with Crippen molar-refractivity contribution in [3.05, 3.63) is 58.6 Å². The van der Waals surface area contributed by atoms with Gasteiger partial charge in [0.15, 0.2) is 5.78 Å². The molecule has 0 amide bonds. The number of ketones is 1. The van der Waals surface area contributed by atoms with E-state index in [2.05, 4.69) is 23.6 Å². The zero-order valence-electron chi connectivity index (χ0n) is 18.8. The van der Waals surface area contributed by atoms with Gasteiger partial charge in [0.05, 0.1) is 5.57 Å². The van der Waals surface area contributed by atoms with Crippen molar-refractivity contribution in [3.8, 4) is 0 Å². The second-order valence-corrected chi connectivity index (χ2v) is 8.00. The van der Waals surface area contributed by atoms with Crippen LogP contribution >= 0.6 is 0 Å². The van der Waals surface area contributed by atoms with Crippen molar-refractivity contribution in [2.75, 3.05) is 0 Å². The van der Waals surface area contributed by atoms with Gasteiger partial charge in [-0.05, 0) is 50.8 Å². The molecule has 0 radical (unpaired) electrons. The molecule has 1 aromatic carbocycles. The predicted octanol–water partition coefficient (Wildman–Crippen LogP) is 4.80. The summed E-state index contributed by atoms with van der Waals surface area (Å²) in [5, 5.41) is 0. The van der Waals surface area contributed by atoms with E-state index in [4.69, 9.17) is 14.2 Å². The first-order valence-electron chi connectivity index (χ1n) is 9.89. The van der Waals surface area contributed by atoms with Gasteiger partial charge in [0.2, 0.25) is 6.29 Å². The maximum Gasteiger partial charge on any atom is 0.512 e. The van der Waals surface area contributed by atoms with Crippen LogP contribution in [0.5, 0.6) is 0 Å². The number of carbonyl (C=O) groups is 3. The first kappa shape index (κ1) is 24.0. The number of esters is 1. The zero-order valence-corrected chi connectivity index (χ0v) is 18.8. The van der Waals surface area contributed by atoms with Gasteiger partial charge < -0.3 is 14.2 Å². The Kier molecular flexibility index (Phi) is 7.49. The zero-order chi connectivity index (χ0) is 23.3. The molecule has 168 valence electrons. The van der Waals surface area contributed by atoms with E-state index in [-0.39, 0.29) is 17.1 Å². The van der Waals surface area contributed by atoms with Gasteiger partial charge in [-0.1, -0.05) is 38.1 Å². The van der Waals surface area contributed by atoms with Crippen molar-refractivity contribution in [1.29, 1.82) is 0 Å². The minimum atomic E-state index is -1.22. The van der Waals surface area contributed by atoms with E-state index in [0.717, 1.165) is 11.6 Å². The predicted molar refractivity (Wildman–Crippen MR) is 110 cm³/mol. The first-order chi connectivity index (χ1) is 14.4. The van der Waals surface area contributed by atoms with Crippen LogP contribution in [0.15, 0.2) is 47.4 Å². The van der Waals surface area contributed by atoms with E-state index in [9.17, 15) is 14.4 Å². The van der Waals surface area contributed by atoms with Crippen molar-refractivity contribution in [2.45, 2.75) is 66.3 Å². The third-order valence-corrected chi connectivity index (χ3v) is 4.66. The molecule has 1 aromatic rings. The van der Waals surface area contributed by atoms with E-state index in [0.29, 0.717) is 5.92 Å². The summed E-state index contributed by atoms with van der Waals surface area (Å²) in [5.41, 5.74) is 1.28. The quantitative estimate of drug-likeness (QED) is 0.190. The lowest BCUT2D eigenvalue weighted by Crippen LogP contribution is -2.29. The van der Waals surface area contributed by atoms with Crippen LogP contribution < -0.4 is 0 Å². The van der Waals surface area contributed by atoms with Crippen LogP contribution in [0.1, 0.15) is 65.5 Å². The van der Waals surface area contributed by atoms with Crippen LogP contribution in [-0.4, -0.2) is 24.2 Å². The molecule has 0 N–H and O–H groups in total. The third-order valence-electron chi connectivity index (χ3n) is 4.66. The van der Waals surface area contributed by atoms with Gasteiger partial charge in [0.1, 0.15) is 5.60 Å². The number of ether oxygens (including phenoxy) is 3. The molecule has 31 heavy (non-hydrogen) atoms. The summed E-state index contributed by atoms with van der Waals surface area (Å²) in [6, 6.07) is 7.76. The minimum Gasteiger partial charge on any atom is -0.423 e. The molecule has 0 bridgehead atoms. The molecule has 2 rings (SSSR count). The summed E-state index contributed by atoms with van der Waals surface area (Å²) in [6.07, 6.45) is -1.11. The lowest BCUT2D eigenvalue weighted by molar-refractivity contribution is -0.165. The van der Waals surface area contributed by atoms with Crippen LogP contribution in [0, 0.1) is 0 Å². The summed E-state index contributed by atoms with van der Waals surface area (Å²) in [6.45, 7) is 11.9. The molecule has 8 heteroatoms. The lowest BCUT2D eigenvalue weighted by Gasteiger charge is -2.26. The molecular formula is C23H28O8. The average Bonchev–Trinajstić information content (AvgIpc) is 3.51. The molecule has 1 aliphatic rings. The summed E-state index contributed by atoms with van der Waals surface area (Å²) >= 11 is 0. The first-order valence-corrected chi connectivity index (χ1v) is 9.89. The molecule has 0 aromatic heterocycles. The Morgan fingerprint density at radius 3 is 2.06 bits per heavy atom. The Bertz CT molecular complexity index is 900. The van der Waals surface area contributed by atoms with E-state index < -0.39 is 29.8 Å². The molecule has 0 saturated carbocycles. The van der Waals surface area contributed by atoms with Crippen LogP contribution in [0.25, 0.3) is 0 Å². The van der Waals surface area contributed by atoms with Crippen molar-refractivity contribution in [3.63, 3.8) is 0 Å². The lowest BCUT2D eigenvalue weighted by atomic mass is 9.94. The molecule has 1 atom stereocenters. The largest absolute Gasteiger partial charge is 0.512 e. The fourth-order valence-corrected chi connectivity index (χ4v) is 2.57. The molecule has 1 heterocycles. The Labute approximate surface area is 181 Å². The summed E-state index contributed by atoms with van der Waals surface area (Å²) < 4.78 is 15.5. The Hall–Kier alpha value is -3.29. The highest BCUT2D eigenvalue weighted by Gasteiger charge is 2.29. The number of rotatable bonds is 8.